The van der Waals surface area contributed by atoms with Crippen LogP contribution in [0.4, 0.5) is 4.39 Å². The number of halogens is 1. The molecule has 0 aromatic heterocycles. The van der Waals surface area contributed by atoms with Crippen LogP contribution in [0.2, 0.25) is 0 Å². The minimum Gasteiger partial charge on any atom is -0.207 e. The first-order valence-electron chi connectivity index (χ1n) is 5.90. The summed E-state index contributed by atoms with van der Waals surface area (Å²) in [6.07, 6.45) is 0.804. The van der Waals surface area contributed by atoms with Crippen LogP contribution in [-0.4, -0.2) is 0 Å². The predicted molar refractivity (Wildman–Crippen MR) is 68.6 cm³/mol. The smallest absolute Gasteiger partial charge is 0.123 e. The van der Waals surface area contributed by atoms with E-state index in [1.54, 1.807) is 0 Å². The molecule has 87 valence electrons. The Morgan fingerprint density at radius 1 is 1.06 bits per heavy atom. The van der Waals surface area contributed by atoms with Crippen LogP contribution in [0.3, 0.4) is 0 Å². The lowest BCUT2D eigenvalue weighted by atomic mass is 9.99. The molecule has 2 aromatic rings. The quantitative estimate of drug-likeness (QED) is 0.731. The number of hydrogen-bond donors (Lipinski definition) is 0. The Morgan fingerprint density at radius 2 is 1.76 bits per heavy atom. The Kier molecular flexibility index (Phi) is 3.58. The number of hydrogen-bond acceptors (Lipinski definition) is 0. The van der Waals surface area contributed by atoms with Crippen LogP contribution in [0.25, 0.3) is 0 Å². The highest BCUT2D eigenvalue weighted by atomic mass is 19.1. The van der Waals surface area contributed by atoms with Crippen molar-refractivity contribution in [2.24, 2.45) is 0 Å². The van der Waals surface area contributed by atoms with Crippen LogP contribution in [0.1, 0.15) is 36.5 Å². The summed E-state index contributed by atoms with van der Waals surface area (Å²) < 4.78 is 12.8. The van der Waals surface area contributed by atoms with Gasteiger partial charge in [0.05, 0.1) is 0 Å². The topological polar surface area (TPSA) is 0 Å². The minimum absolute atomic E-state index is 0.187. The third kappa shape index (κ3) is 3.16. The van der Waals surface area contributed by atoms with Crippen LogP contribution in [-0.2, 0) is 6.42 Å². The van der Waals surface area contributed by atoms with E-state index < -0.39 is 0 Å². The molecule has 0 spiro atoms. The minimum atomic E-state index is -0.187. The maximum absolute atomic E-state index is 12.8. The summed E-state index contributed by atoms with van der Waals surface area (Å²) in [6.45, 7) is 4.34. The molecule has 0 atom stereocenters. The molecule has 17 heavy (non-hydrogen) atoms. The summed E-state index contributed by atoms with van der Waals surface area (Å²) in [7, 11) is 0. The molecule has 0 heterocycles. The van der Waals surface area contributed by atoms with E-state index >= 15 is 0 Å². The van der Waals surface area contributed by atoms with E-state index in [-0.39, 0.29) is 5.82 Å². The summed E-state index contributed by atoms with van der Waals surface area (Å²) >= 11 is 0. The maximum Gasteiger partial charge on any atom is 0.123 e. The highest BCUT2D eigenvalue weighted by Gasteiger charge is 2.00. The summed E-state index contributed by atoms with van der Waals surface area (Å²) in [5, 5.41) is 0. The highest BCUT2D eigenvalue weighted by molar-refractivity contribution is 5.29. The van der Waals surface area contributed by atoms with Gasteiger partial charge in [0.15, 0.2) is 0 Å². The fourth-order valence-corrected chi connectivity index (χ4v) is 1.76. The summed E-state index contributed by atoms with van der Waals surface area (Å²) in [6, 6.07) is 16.2. The van der Waals surface area contributed by atoms with Crippen molar-refractivity contribution in [2.45, 2.75) is 26.2 Å². The van der Waals surface area contributed by atoms with Gasteiger partial charge in [-0.1, -0.05) is 44.2 Å². The molecule has 0 aliphatic heterocycles. The van der Waals surface area contributed by atoms with Crippen molar-refractivity contribution < 1.29 is 4.39 Å². The van der Waals surface area contributed by atoms with E-state index in [9.17, 15) is 4.39 Å². The molecule has 0 saturated heterocycles. The lowest BCUT2D eigenvalue weighted by molar-refractivity contribution is 0.627. The zero-order chi connectivity index (χ0) is 12.3. The second-order valence-electron chi connectivity index (χ2n) is 4.61. The lowest BCUT2D eigenvalue weighted by Gasteiger charge is -2.06. The molecule has 0 amide bonds. The lowest BCUT2D eigenvalue weighted by Crippen LogP contribution is -1.91. The van der Waals surface area contributed by atoms with Gasteiger partial charge in [-0.3, -0.25) is 0 Å². The van der Waals surface area contributed by atoms with Gasteiger partial charge in [-0.15, -0.1) is 0 Å². The average Bonchev–Trinajstić information content (AvgIpc) is 2.33. The fraction of sp³-hybridized carbons (Fsp3) is 0.250. The van der Waals surface area contributed by atoms with Crippen LogP contribution in [0, 0.1) is 11.9 Å². The summed E-state index contributed by atoms with van der Waals surface area (Å²) in [5.41, 5.74) is 3.55. The first kappa shape index (κ1) is 11.8. The standard InChI is InChI=1S/C16H16F/c1-12(2)15-7-3-13(4-8-15)11-14-5-9-16(17)10-6-14/h3,5-10,12H,11H2,1-2H3. The molecule has 0 aliphatic rings. The fourth-order valence-electron chi connectivity index (χ4n) is 1.76. The monoisotopic (exact) mass is 227 g/mol. The van der Waals surface area contributed by atoms with E-state index in [4.69, 9.17) is 0 Å². The van der Waals surface area contributed by atoms with E-state index in [1.807, 2.05) is 18.2 Å². The molecule has 0 nitrogen and oxygen atoms in total. The molecule has 0 unspecified atom stereocenters. The van der Waals surface area contributed by atoms with Crippen molar-refractivity contribution in [1.29, 1.82) is 0 Å². The highest BCUT2D eigenvalue weighted by Crippen LogP contribution is 2.16. The van der Waals surface area contributed by atoms with Crippen LogP contribution >= 0.6 is 0 Å². The second-order valence-corrected chi connectivity index (χ2v) is 4.61. The SMILES string of the molecule is CC(C)c1c[c]c(Cc2ccc(F)cc2)cc1. The molecule has 1 radical (unpaired) electrons. The summed E-state index contributed by atoms with van der Waals surface area (Å²) in [4.78, 5) is 0. The molecule has 2 rings (SSSR count). The van der Waals surface area contributed by atoms with Crippen LogP contribution in [0.5, 0.6) is 0 Å². The largest absolute Gasteiger partial charge is 0.207 e. The Hall–Kier alpha value is -1.63. The van der Waals surface area contributed by atoms with Crippen molar-refractivity contribution in [3.05, 3.63) is 71.0 Å². The first-order valence-corrected chi connectivity index (χ1v) is 5.90. The van der Waals surface area contributed by atoms with Crippen molar-refractivity contribution >= 4 is 0 Å². The van der Waals surface area contributed by atoms with Crippen LogP contribution < -0.4 is 0 Å². The molecule has 0 N–H and O–H groups in total. The third-order valence-electron chi connectivity index (χ3n) is 2.88. The average molecular weight is 227 g/mol. The van der Waals surface area contributed by atoms with Crippen LogP contribution in [0.15, 0.2) is 42.5 Å². The van der Waals surface area contributed by atoms with Gasteiger partial charge >= 0.3 is 0 Å². The normalized spacial score (nSPS) is 10.8. The van der Waals surface area contributed by atoms with Gasteiger partial charge in [-0.05, 0) is 47.2 Å². The molecule has 0 saturated carbocycles. The Labute approximate surface area is 102 Å². The van der Waals surface area contributed by atoms with Crippen molar-refractivity contribution in [3.63, 3.8) is 0 Å². The van der Waals surface area contributed by atoms with E-state index in [0.29, 0.717) is 5.92 Å². The zero-order valence-electron chi connectivity index (χ0n) is 10.2. The van der Waals surface area contributed by atoms with Crippen molar-refractivity contribution in [3.8, 4) is 0 Å². The number of rotatable bonds is 3. The van der Waals surface area contributed by atoms with Gasteiger partial charge in [0.2, 0.25) is 0 Å². The predicted octanol–water partition coefficient (Wildman–Crippen LogP) is 4.34. The van der Waals surface area contributed by atoms with Gasteiger partial charge in [0, 0.05) is 0 Å². The molecule has 0 bridgehead atoms. The number of benzene rings is 2. The molecule has 2 aromatic carbocycles. The van der Waals surface area contributed by atoms with E-state index in [1.165, 1.54) is 17.7 Å². The molecule has 1 heteroatoms. The van der Waals surface area contributed by atoms with Crippen molar-refractivity contribution in [2.75, 3.05) is 0 Å². The third-order valence-corrected chi connectivity index (χ3v) is 2.88. The van der Waals surface area contributed by atoms with Gasteiger partial charge in [-0.2, -0.15) is 0 Å². The maximum atomic E-state index is 12.8. The van der Waals surface area contributed by atoms with Gasteiger partial charge < -0.3 is 0 Å². The molecular weight excluding hydrogens is 211 g/mol. The van der Waals surface area contributed by atoms with E-state index in [0.717, 1.165) is 17.5 Å². The second kappa shape index (κ2) is 5.13. The zero-order valence-corrected chi connectivity index (χ0v) is 10.2. The summed E-state index contributed by atoms with van der Waals surface area (Å²) in [5.74, 6) is 0.346. The first-order chi connectivity index (χ1) is 8.15. The molecule has 0 aliphatic carbocycles. The Bertz CT molecular complexity index is 466. The van der Waals surface area contributed by atoms with Gasteiger partial charge in [0.1, 0.15) is 5.82 Å². The van der Waals surface area contributed by atoms with E-state index in [2.05, 4.69) is 32.0 Å². The van der Waals surface area contributed by atoms with Gasteiger partial charge in [-0.25, -0.2) is 4.39 Å². The Balaban J connectivity index is 2.11. The molecular formula is C16H16F. The van der Waals surface area contributed by atoms with Gasteiger partial charge in [0.25, 0.3) is 0 Å². The molecule has 0 fully saturated rings. The Morgan fingerprint density at radius 3 is 2.29 bits per heavy atom. The van der Waals surface area contributed by atoms with Crippen molar-refractivity contribution in [1.82, 2.24) is 0 Å².